The first kappa shape index (κ1) is 23.2. The van der Waals surface area contributed by atoms with Crippen LogP contribution in [-0.4, -0.2) is 52.2 Å². The van der Waals surface area contributed by atoms with Crippen molar-refractivity contribution >= 4 is 11.8 Å². The summed E-state index contributed by atoms with van der Waals surface area (Å²) in [4.78, 5) is 25.8. The number of rotatable bonds is 6. The van der Waals surface area contributed by atoms with Crippen molar-refractivity contribution in [1.82, 2.24) is 10.2 Å². The third-order valence-electron chi connectivity index (χ3n) is 5.45. The lowest BCUT2D eigenvalue weighted by Crippen LogP contribution is -2.52. The van der Waals surface area contributed by atoms with Crippen LogP contribution in [0.4, 0.5) is 13.2 Å². The van der Waals surface area contributed by atoms with Gasteiger partial charge < -0.3 is 20.4 Å². The van der Waals surface area contributed by atoms with E-state index in [0.717, 1.165) is 37.8 Å². The smallest absolute Gasteiger partial charge is 0.380 e. The highest BCUT2D eigenvalue weighted by atomic mass is 19.4. The van der Waals surface area contributed by atoms with E-state index in [4.69, 9.17) is 0 Å². The summed E-state index contributed by atoms with van der Waals surface area (Å²) in [5.41, 5.74) is -0.429. The molecular weight excluding hydrogens is 389 g/mol. The van der Waals surface area contributed by atoms with E-state index in [9.17, 15) is 33.0 Å². The molecule has 0 spiro atoms. The van der Waals surface area contributed by atoms with E-state index < -0.39 is 35.8 Å². The van der Waals surface area contributed by atoms with Gasteiger partial charge in [-0.2, -0.15) is 13.2 Å². The van der Waals surface area contributed by atoms with Crippen molar-refractivity contribution < 1.29 is 33.0 Å². The molecule has 0 bridgehead atoms. The summed E-state index contributed by atoms with van der Waals surface area (Å²) in [6.45, 7) is 1.99. The number of likely N-dealkylation sites (N-methyl/N-ethyl adjacent to an activating group) is 1. The quantitative estimate of drug-likeness (QED) is 0.663. The van der Waals surface area contributed by atoms with Crippen LogP contribution in [0.25, 0.3) is 0 Å². The van der Waals surface area contributed by atoms with Crippen molar-refractivity contribution in [3.8, 4) is 0 Å². The van der Waals surface area contributed by atoms with Gasteiger partial charge in [-0.05, 0) is 49.3 Å². The molecule has 1 aliphatic rings. The van der Waals surface area contributed by atoms with Gasteiger partial charge in [0.05, 0.1) is 5.56 Å². The Balaban J connectivity index is 1.87. The van der Waals surface area contributed by atoms with Crippen molar-refractivity contribution in [1.29, 1.82) is 0 Å². The van der Waals surface area contributed by atoms with Gasteiger partial charge in [-0.25, -0.2) is 0 Å². The molecule has 0 saturated heterocycles. The number of hydrogen-bond acceptors (Lipinski definition) is 4. The average Bonchev–Trinajstić information content (AvgIpc) is 2.70. The fraction of sp³-hybridized carbons (Fsp3) is 0.600. The standard InChI is InChI=1S/C20H27F3N2O4/c1-12-3-9-15(10-4-12)25(2)19(29)17(27)16(26)18(28)24-11-13-5-7-14(8-6-13)20(21,22)23/h5-8,12,15-17,26-27H,3-4,9-11H2,1-2H3,(H,24,28)/t12?,15?,16-,17-/m1/s1. The molecule has 2 amide bonds. The zero-order valence-corrected chi connectivity index (χ0v) is 16.4. The molecule has 2 atom stereocenters. The average molecular weight is 416 g/mol. The molecule has 1 aliphatic carbocycles. The summed E-state index contributed by atoms with van der Waals surface area (Å²) in [5, 5.41) is 22.4. The molecule has 29 heavy (non-hydrogen) atoms. The third-order valence-corrected chi connectivity index (χ3v) is 5.45. The van der Waals surface area contributed by atoms with E-state index in [1.165, 1.54) is 17.0 Å². The maximum atomic E-state index is 12.6. The lowest BCUT2D eigenvalue weighted by Gasteiger charge is -2.35. The predicted octanol–water partition coefficient (Wildman–Crippen LogP) is 2.08. The maximum Gasteiger partial charge on any atom is 0.416 e. The fourth-order valence-corrected chi connectivity index (χ4v) is 3.40. The minimum absolute atomic E-state index is 0.0456. The van der Waals surface area contributed by atoms with E-state index in [0.29, 0.717) is 11.5 Å². The van der Waals surface area contributed by atoms with Crippen LogP contribution in [-0.2, 0) is 22.3 Å². The number of halogens is 3. The zero-order chi connectivity index (χ0) is 21.8. The molecule has 1 saturated carbocycles. The first-order valence-corrected chi connectivity index (χ1v) is 9.57. The summed E-state index contributed by atoms with van der Waals surface area (Å²) in [5.74, 6) is -1.13. The lowest BCUT2D eigenvalue weighted by atomic mass is 9.86. The Morgan fingerprint density at radius 2 is 1.66 bits per heavy atom. The summed E-state index contributed by atoms with van der Waals surface area (Å²) in [7, 11) is 1.54. The number of benzene rings is 1. The van der Waals surface area contributed by atoms with E-state index in [-0.39, 0.29) is 12.6 Å². The molecule has 0 heterocycles. The van der Waals surface area contributed by atoms with Crippen LogP contribution in [0.2, 0.25) is 0 Å². The minimum Gasteiger partial charge on any atom is -0.380 e. The van der Waals surface area contributed by atoms with Gasteiger partial charge in [0.25, 0.3) is 11.8 Å². The molecule has 0 aromatic heterocycles. The lowest BCUT2D eigenvalue weighted by molar-refractivity contribution is -0.154. The van der Waals surface area contributed by atoms with Crippen LogP contribution in [0.1, 0.15) is 43.7 Å². The summed E-state index contributed by atoms with van der Waals surface area (Å²) in [6, 6.07) is 4.13. The van der Waals surface area contributed by atoms with Crippen LogP contribution < -0.4 is 5.32 Å². The SMILES string of the molecule is CC1CCC(N(C)C(=O)[C@H](O)[C@@H](O)C(=O)NCc2ccc(C(F)(F)F)cc2)CC1. The third kappa shape index (κ3) is 6.17. The molecule has 1 aromatic rings. The Morgan fingerprint density at radius 1 is 1.10 bits per heavy atom. The van der Waals surface area contributed by atoms with Crippen molar-refractivity contribution in [2.45, 2.75) is 63.6 Å². The Bertz CT molecular complexity index is 701. The van der Waals surface area contributed by atoms with Crippen molar-refractivity contribution in [3.05, 3.63) is 35.4 Å². The number of hydrogen-bond donors (Lipinski definition) is 3. The van der Waals surface area contributed by atoms with Crippen LogP contribution in [0.5, 0.6) is 0 Å². The Labute approximate surface area is 167 Å². The van der Waals surface area contributed by atoms with Crippen LogP contribution in [0.15, 0.2) is 24.3 Å². The van der Waals surface area contributed by atoms with E-state index in [1.807, 2.05) is 0 Å². The van der Waals surface area contributed by atoms with E-state index >= 15 is 0 Å². The number of carbonyl (C=O) groups excluding carboxylic acids is 2. The van der Waals surface area contributed by atoms with Crippen molar-refractivity contribution in [2.24, 2.45) is 5.92 Å². The van der Waals surface area contributed by atoms with E-state index in [1.54, 1.807) is 7.05 Å². The zero-order valence-electron chi connectivity index (χ0n) is 16.4. The van der Waals surface area contributed by atoms with Gasteiger partial charge in [0, 0.05) is 19.6 Å². The van der Waals surface area contributed by atoms with Crippen LogP contribution in [0, 0.1) is 5.92 Å². The van der Waals surface area contributed by atoms with Crippen LogP contribution in [0.3, 0.4) is 0 Å². The molecule has 0 aliphatic heterocycles. The topological polar surface area (TPSA) is 89.9 Å². The summed E-state index contributed by atoms with van der Waals surface area (Å²) >= 11 is 0. The Morgan fingerprint density at radius 3 is 2.17 bits per heavy atom. The highest BCUT2D eigenvalue weighted by Crippen LogP contribution is 2.29. The van der Waals surface area contributed by atoms with Crippen LogP contribution >= 0.6 is 0 Å². The number of nitrogens with one attached hydrogen (secondary N) is 1. The van der Waals surface area contributed by atoms with Gasteiger partial charge in [0.15, 0.2) is 12.2 Å². The Hall–Kier alpha value is -2.13. The number of amides is 2. The molecular formula is C20H27F3N2O4. The largest absolute Gasteiger partial charge is 0.416 e. The van der Waals surface area contributed by atoms with Gasteiger partial charge in [-0.15, -0.1) is 0 Å². The molecule has 1 aromatic carbocycles. The highest BCUT2D eigenvalue weighted by molar-refractivity contribution is 5.90. The molecule has 162 valence electrons. The van der Waals surface area contributed by atoms with Gasteiger partial charge >= 0.3 is 6.18 Å². The molecule has 6 nitrogen and oxygen atoms in total. The fourth-order valence-electron chi connectivity index (χ4n) is 3.40. The number of alkyl halides is 3. The monoisotopic (exact) mass is 416 g/mol. The molecule has 1 fully saturated rings. The number of nitrogens with zero attached hydrogens (tertiary/aromatic N) is 1. The summed E-state index contributed by atoms with van der Waals surface area (Å²) in [6.07, 6.45) is -4.80. The normalized spacial score (nSPS) is 21.9. The van der Waals surface area contributed by atoms with Gasteiger partial charge in [0.1, 0.15) is 0 Å². The molecule has 3 N–H and O–H groups in total. The first-order chi connectivity index (χ1) is 13.5. The van der Waals surface area contributed by atoms with E-state index in [2.05, 4.69) is 12.2 Å². The predicted molar refractivity (Wildman–Crippen MR) is 99.5 cm³/mol. The second kappa shape index (κ2) is 9.58. The number of carbonyl (C=O) groups is 2. The maximum absolute atomic E-state index is 12.6. The van der Waals surface area contributed by atoms with Gasteiger partial charge in [-0.1, -0.05) is 19.1 Å². The first-order valence-electron chi connectivity index (χ1n) is 9.57. The Kier molecular flexibility index (Phi) is 7.65. The minimum atomic E-state index is -4.45. The molecule has 2 rings (SSSR count). The molecule has 9 heteroatoms. The van der Waals surface area contributed by atoms with Gasteiger partial charge in [-0.3, -0.25) is 9.59 Å². The second-order valence-electron chi connectivity index (χ2n) is 7.66. The highest BCUT2D eigenvalue weighted by Gasteiger charge is 2.35. The number of aliphatic hydroxyl groups is 2. The number of aliphatic hydroxyl groups excluding tert-OH is 2. The molecule has 0 radical (unpaired) electrons. The summed E-state index contributed by atoms with van der Waals surface area (Å²) < 4.78 is 37.7. The van der Waals surface area contributed by atoms with Gasteiger partial charge in [0.2, 0.25) is 0 Å². The van der Waals surface area contributed by atoms with Crippen molar-refractivity contribution in [2.75, 3.05) is 7.05 Å². The molecule has 0 unspecified atom stereocenters. The second-order valence-corrected chi connectivity index (χ2v) is 7.66. The van der Waals surface area contributed by atoms with Crippen molar-refractivity contribution in [3.63, 3.8) is 0 Å².